The molecule has 1 N–H and O–H groups in total. The third-order valence-corrected chi connectivity index (χ3v) is 4.45. The minimum absolute atomic E-state index is 0.00178. The zero-order valence-corrected chi connectivity index (χ0v) is 14.1. The molecule has 1 aliphatic rings. The van der Waals surface area contributed by atoms with E-state index in [1.165, 1.54) is 11.1 Å². The van der Waals surface area contributed by atoms with E-state index in [1.54, 1.807) is 0 Å². The molecule has 0 bridgehead atoms. The van der Waals surface area contributed by atoms with Crippen LogP contribution in [0.3, 0.4) is 0 Å². The summed E-state index contributed by atoms with van der Waals surface area (Å²) in [5, 5.41) is 3.06. The van der Waals surface area contributed by atoms with Gasteiger partial charge in [0.15, 0.2) is 0 Å². The molecule has 0 aliphatic carbocycles. The Hall–Kier alpha value is -2.29. The van der Waals surface area contributed by atoms with Crippen LogP contribution in [0.15, 0.2) is 42.5 Å². The highest BCUT2D eigenvalue weighted by molar-refractivity contribution is 5.90. The number of anilines is 1. The zero-order valence-electron chi connectivity index (χ0n) is 14.1. The van der Waals surface area contributed by atoms with Gasteiger partial charge in [0.25, 0.3) is 0 Å². The zero-order chi connectivity index (χ0) is 16.4. The molecule has 0 radical (unpaired) electrons. The molecule has 2 aromatic carbocycles. The third kappa shape index (κ3) is 3.55. The minimum atomic E-state index is -0.00178. The van der Waals surface area contributed by atoms with Gasteiger partial charge >= 0.3 is 6.03 Å². The molecule has 2 amide bonds. The van der Waals surface area contributed by atoms with Gasteiger partial charge in [-0.1, -0.05) is 35.9 Å². The standard InChI is InChI=1S/C20H24N2O/c1-14-6-8-17(9-7-14)19-5-4-10-22(19)20(23)21-18-12-15(2)11-16(3)13-18/h6-9,11-13,19H,4-5,10H2,1-3H3,(H,21,23)/t19-/m0/s1. The summed E-state index contributed by atoms with van der Waals surface area (Å²) in [7, 11) is 0. The Labute approximate surface area is 138 Å². The largest absolute Gasteiger partial charge is 0.322 e. The first-order chi connectivity index (χ1) is 11.0. The van der Waals surface area contributed by atoms with Crippen molar-refractivity contribution < 1.29 is 4.79 Å². The lowest BCUT2D eigenvalue weighted by Gasteiger charge is -2.25. The van der Waals surface area contributed by atoms with E-state index in [-0.39, 0.29) is 12.1 Å². The van der Waals surface area contributed by atoms with E-state index in [0.717, 1.165) is 36.2 Å². The van der Waals surface area contributed by atoms with Crippen LogP contribution < -0.4 is 5.32 Å². The van der Waals surface area contributed by atoms with Gasteiger partial charge in [-0.25, -0.2) is 4.79 Å². The molecule has 3 heteroatoms. The fourth-order valence-electron chi connectivity index (χ4n) is 3.39. The van der Waals surface area contributed by atoms with Gasteiger partial charge in [-0.3, -0.25) is 0 Å². The normalized spacial score (nSPS) is 17.3. The van der Waals surface area contributed by atoms with Crippen LogP contribution in [0, 0.1) is 20.8 Å². The number of urea groups is 1. The molecule has 2 aromatic rings. The molecule has 23 heavy (non-hydrogen) atoms. The van der Waals surface area contributed by atoms with E-state index >= 15 is 0 Å². The van der Waals surface area contributed by atoms with E-state index in [2.05, 4.69) is 42.6 Å². The molecule has 0 spiro atoms. The van der Waals surface area contributed by atoms with Gasteiger partial charge in [0.1, 0.15) is 0 Å². The summed E-state index contributed by atoms with van der Waals surface area (Å²) in [6, 6.07) is 14.8. The van der Waals surface area contributed by atoms with Crippen LogP contribution in [0.1, 0.15) is 41.1 Å². The van der Waals surface area contributed by atoms with E-state index in [0.29, 0.717) is 0 Å². The number of hydrogen-bond donors (Lipinski definition) is 1. The minimum Gasteiger partial charge on any atom is -0.317 e. The fourth-order valence-corrected chi connectivity index (χ4v) is 3.39. The number of likely N-dealkylation sites (tertiary alicyclic amines) is 1. The summed E-state index contributed by atoms with van der Waals surface area (Å²) in [5.74, 6) is 0. The number of nitrogens with zero attached hydrogens (tertiary/aromatic N) is 1. The highest BCUT2D eigenvalue weighted by atomic mass is 16.2. The maximum Gasteiger partial charge on any atom is 0.322 e. The lowest BCUT2D eigenvalue weighted by atomic mass is 10.0. The number of nitrogens with one attached hydrogen (secondary N) is 1. The predicted octanol–water partition coefficient (Wildman–Crippen LogP) is 4.98. The first-order valence-electron chi connectivity index (χ1n) is 8.25. The highest BCUT2D eigenvalue weighted by Gasteiger charge is 2.29. The average Bonchev–Trinajstić information content (AvgIpc) is 2.96. The van der Waals surface area contributed by atoms with Gasteiger partial charge in [0.2, 0.25) is 0 Å². The second kappa shape index (κ2) is 6.45. The molecule has 1 aliphatic heterocycles. The van der Waals surface area contributed by atoms with Gasteiger partial charge in [-0.05, 0) is 62.4 Å². The van der Waals surface area contributed by atoms with Crippen LogP contribution in [0.2, 0.25) is 0 Å². The first kappa shape index (κ1) is 15.6. The Morgan fingerprint density at radius 3 is 2.30 bits per heavy atom. The molecular weight excluding hydrogens is 284 g/mol. The first-order valence-corrected chi connectivity index (χ1v) is 8.25. The summed E-state index contributed by atoms with van der Waals surface area (Å²) in [4.78, 5) is 14.7. The van der Waals surface area contributed by atoms with E-state index in [9.17, 15) is 4.79 Å². The van der Waals surface area contributed by atoms with Crippen LogP contribution in [0.5, 0.6) is 0 Å². The van der Waals surface area contributed by atoms with Crippen LogP contribution >= 0.6 is 0 Å². The van der Waals surface area contributed by atoms with Crippen molar-refractivity contribution in [3.8, 4) is 0 Å². The van der Waals surface area contributed by atoms with Crippen LogP contribution in [0.25, 0.3) is 0 Å². The summed E-state index contributed by atoms with van der Waals surface area (Å²) >= 11 is 0. The highest BCUT2D eigenvalue weighted by Crippen LogP contribution is 2.32. The molecule has 0 saturated carbocycles. The smallest absolute Gasteiger partial charge is 0.317 e. The third-order valence-electron chi connectivity index (χ3n) is 4.45. The average molecular weight is 308 g/mol. The summed E-state index contributed by atoms with van der Waals surface area (Å²) in [5.41, 5.74) is 5.68. The Balaban J connectivity index is 1.76. The summed E-state index contributed by atoms with van der Waals surface area (Å²) in [6.07, 6.45) is 2.09. The lowest BCUT2D eigenvalue weighted by molar-refractivity contribution is 0.207. The summed E-state index contributed by atoms with van der Waals surface area (Å²) in [6.45, 7) is 7.00. The number of carbonyl (C=O) groups is 1. The topological polar surface area (TPSA) is 32.3 Å². The van der Waals surface area contributed by atoms with Gasteiger partial charge in [-0.2, -0.15) is 0 Å². The van der Waals surface area contributed by atoms with E-state index in [1.807, 2.05) is 30.9 Å². The van der Waals surface area contributed by atoms with Crippen molar-refractivity contribution in [2.24, 2.45) is 0 Å². The molecule has 3 rings (SSSR count). The van der Waals surface area contributed by atoms with Gasteiger partial charge in [0.05, 0.1) is 6.04 Å². The summed E-state index contributed by atoms with van der Waals surface area (Å²) < 4.78 is 0. The fraction of sp³-hybridized carbons (Fsp3) is 0.350. The molecule has 1 heterocycles. The number of aryl methyl sites for hydroxylation is 3. The van der Waals surface area contributed by atoms with Crippen LogP contribution in [-0.4, -0.2) is 17.5 Å². The molecule has 1 atom stereocenters. The van der Waals surface area contributed by atoms with Crippen molar-refractivity contribution in [3.63, 3.8) is 0 Å². The Morgan fingerprint density at radius 1 is 1.00 bits per heavy atom. The number of amides is 2. The number of hydrogen-bond acceptors (Lipinski definition) is 1. The molecular formula is C20H24N2O. The van der Waals surface area contributed by atoms with Gasteiger partial charge < -0.3 is 10.2 Å². The van der Waals surface area contributed by atoms with Crippen molar-refractivity contribution in [3.05, 3.63) is 64.7 Å². The molecule has 1 saturated heterocycles. The molecule has 1 fully saturated rings. The van der Waals surface area contributed by atoms with Crippen molar-refractivity contribution in [1.29, 1.82) is 0 Å². The van der Waals surface area contributed by atoms with Crippen molar-refractivity contribution in [2.45, 2.75) is 39.7 Å². The number of carbonyl (C=O) groups excluding carboxylic acids is 1. The Morgan fingerprint density at radius 2 is 1.65 bits per heavy atom. The molecule has 120 valence electrons. The molecule has 0 unspecified atom stereocenters. The van der Waals surface area contributed by atoms with Gasteiger partial charge in [-0.15, -0.1) is 0 Å². The van der Waals surface area contributed by atoms with E-state index < -0.39 is 0 Å². The number of benzene rings is 2. The second-order valence-corrected chi connectivity index (χ2v) is 6.57. The quantitative estimate of drug-likeness (QED) is 0.833. The number of rotatable bonds is 2. The van der Waals surface area contributed by atoms with Crippen LogP contribution in [0.4, 0.5) is 10.5 Å². The molecule has 0 aromatic heterocycles. The monoisotopic (exact) mass is 308 g/mol. The van der Waals surface area contributed by atoms with Crippen molar-refractivity contribution >= 4 is 11.7 Å². The maximum atomic E-state index is 12.7. The van der Waals surface area contributed by atoms with E-state index in [4.69, 9.17) is 0 Å². The van der Waals surface area contributed by atoms with Crippen LogP contribution in [-0.2, 0) is 0 Å². The maximum absolute atomic E-state index is 12.7. The van der Waals surface area contributed by atoms with Crippen molar-refractivity contribution in [1.82, 2.24) is 4.90 Å². The van der Waals surface area contributed by atoms with Crippen molar-refractivity contribution in [2.75, 3.05) is 11.9 Å². The second-order valence-electron chi connectivity index (χ2n) is 6.57. The van der Waals surface area contributed by atoms with Gasteiger partial charge in [0, 0.05) is 12.2 Å². The lowest BCUT2D eigenvalue weighted by Crippen LogP contribution is -2.34. The Kier molecular flexibility index (Phi) is 4.37. The SMILES string of the molecule is Cc1ccc([C@@H]2CCCN2C(=O)Nc2cc(C)cc(C)c2)cc1. The Bertz CT molecular complexity index is 686. The predicted molar refractivity (Wildman–Crippen MR) is 94.8 cm³/mol. The molecule has 3 nitrogen and oxygen atoms in total.